The Morgan fingerprint density at radius 2 is 2.38 bits per heavy atom. The number of hydrogen-bond donors (Lipinski definition) is 1. The van der Waals surface area contributed by atoms with Gasteiger partial charge in [0, 0.05) is 4.91 Å². The van der Waals surface area contributed by atoms with Crippen LogP contribution < -0.4 is 0 Å². The molecule has 0 saturated carbocycles. The lowest BCUT2D eigenvalue weighted by atomic mass is 10.1. The molecule has 1 N–H and O–H groups in total. The van der Waals surface area contributed by atoms with Gasteiger partial charge in [0.05, 0.1) is 12.6 Å². The van der Waals surface area contributed by atoms with Crippen LogP contribution in [0.1, 0.15) is 17.2 Å². The average Bonchev–Trinajstić information content (AvgIpc) is 2.14. The zero-order chi connectivity index (χ0) is 9.68. The summed E-state index contributed by atoms with van der Waals surface area (Å²) in [6, 6.07) is 7.50. The lowest BCUT2D eigenvalue weighted by Crippen LogP contribution is -2.00. The lowest BCUT2D eigenvalue weighted by Gasteiger charge is -2.07. The molecule has 0 spiro atoms. The number of aryl methyl sites for hydroxylation is 1. The molecule has 13 heavy (non-hydrogen) atoms. The molecule has 1 aromatic carbocycles. The van der Waals surface area contributed by atoms with Crippen LogP contribution >= 0.6 is 0 Å². The Morgan fingerprint density at radius 3 is 3.00 bits per heavy atom. The van der Waals surface area contributed by atoms with Gasteiger partial charge in [0.2, 0.25) is 0 Å². The zero-order valence-electron chi connectivity index (χ0n) is 7.38. The minimum Gasteiger partial charge on any atom is -0.388 e. The molecule has 1 unspecified atom stereocenters. The van der Waals surface area contributed by atoms with Crippen molar-refractivity contribution >= 4 is 0 Å². The molecule has 0 aliphatic heterocycles. The predicted molar refractivity (Wildman–Crippen MR) is 50.2 cm³/mol. The van der Waals surface area contributed by atoms with Crippen molar-refractivity contribution in [2.75, 3.05) is 6.54 Å². The molecule has 0 aliphatic carbocycles. The number of azide groups is 1. The Balaban J connectivity index is 2.76. The molecule has 0 aromatic heterocycles. The van der Waals surface area contributed by atoms with E-state index < -0.39 is 6.10 Å². The van der Waals surface area contributed by atoms with E-state index in [4.69, 9.17) is 5.53 Å². The SMILES string of the molecule is Cc1cccc(C(O)CN=[N+]=[N-])c1. The summed E-state index contributed by atoms with van der Waals surface area (Å²) in [7, 11) is 0. The van der Waals surface area contributed by atoms with Crippen LogP contribution in [0, 0.1) is 6.92 Å². The van der Waals surface area contributed by atoms with Crippen molar-refractivity contribution < 1.29 is 5.11 Å². The van der Waals surface area contributed by atoms with E-state index in [0.29, 0.717) is 0 Å². The van der Waals surface area contributed by atoms with Crippen LogP contribution in [-0.2, 0) is 0 Å². The van der Waals surface area contributed by atoms with E-state index in [1.807, 2.05) is 31.2 Å². The van der Waals surface area contributed by atoms with E-state index in [0.717, 1.165) is 11.1 Å². The minimum atomic E-state index is -0.698. The molecule has 0 fully saturated rings. The first-order valence-corrected chi connectivity index (χ1v) is 3.99. The van der Waals surface area contributed by atoms with Gasteiger partial charge < -0.3 is 5.11 Å². The Labute approximate surface area is 76.5 Å². The van der Waals surface area contributed by atoms with Gasteiger partial charge in [-0.05, 0) is 18.0 Å². The highest BCUT2D eigenvalue weighted by Crippen LogP contribution is 2.14. The first-order valence-electron chi connectivity index (χ1n) is 3.99. The van der Waals surface area contributed by atoms with Gasteiger partial charge in [-0.3, -0.25) is 0 Å². The molecule has 0 radical (unpaired) electrons. The third kappa shape index (κ3) is 2.78. The summed E-state index contributed by atoms with van der Waals surface area (Å²) in [5.41, 5.74) is 9.93. The minimum absolute atomic E-state index is 0.0833. The average molecular weight is 177 g/mol. The highest BCUT2D eigenvalue weighted by atomic mass is 16.3. The van der Waals surface area contributed by atoms with Crippen molar-refractivity contribution in [3.63, 3.8) is 0 Å². The van der Waals surface area contributed by atoms with Crippen molar-refractivity contribution in [1.29, 1.82) is 0 Å². The Kier molecular flexibility index (Phi) is 3.31. The second kappa shape index (κ2) is 4.50. The van der Waals surface area contributed by atoms with E-state index in [1.54, 1.807) is 0 Å². The van der Waals surface area contributed by atoms with Crippen molar-refractivity contribution in [3.8, 4) is 0 Å². The first-order chi connectivity index (χ1) is 6.24. The van der Waals surface area contributed by atoms with E-state index in [2.05, 4.69) is 10.0 Å². The monoisotopic (exact) mass is 177 g/mol. The number of aliphatic hydroxyl groups excluding tert-OH is 1. The first kappa shape index (κ1) is 9.58. The van der Waals surface area contributed by atoms with E-state index in [1.165, 1.54) is 0 Å². The highest BCUT2D eigenvalue weighted by molar-refractivity contribution is 5.24. The van der Waals surface area contributed by atoms with Gasteiger partial charge in [0.25, 0.3) is 0 Å². The van der Waals surface area contributed by atoms with Crippen LogP contribution in [0.5, 0.6) is 0 Å². The van der Waals surface area contributed by atoms with Crippen LogP contribution in [0.2, 0.25) is 0 Å². The summed E-state index contributed by atoms with van der Waals surface area (Å²) < 4.78 is 0. The molecule has 1 rings (SSSR count). The molecule has 4 heteroatoms. The maximum atomic E-state index is 9.51. The molecule has 0 aliphatic rings. The van der Waals surface area contributed by atoms with Crippen LogP contribution in [0.3, 0.4) is 0 Å². The maximum Gasteiger partial charge on any atom is 0.0846 e. The standard InChI is InChI=1S/C9H11N3O/c1-7-3-2-4-8(5-7)9(13)6-11-12-10/h2-5,9,13H,6H2,1H3. The number of nitrogens with zero attached hydrogens (tertiary/aromatic N) is 3. The molecule has 4 nitrogen and oxygen atoms in total. The normalized spacial score (nSPS) is 11.8. The fourth-order valence-corrected chi connectivity index (χ4v) is 1.10. The number of hydrogen-bond acceptors (Lipinski definition) is 2. The van der Waals surface area contributed by atoms with Crippen LogP contribution in [0.25, 0.3) is 10.4 Å². The molecule has 68 valence electrons. The van der Waals surface area contributed by atoms with Crippen LogP contribution in [0.4, 0.5) is 0 Å². The number of rotatable bonds is 3. The van der Waals surface area contributed by atoms with Gasteiger partial charge in [-0.25, -0.2) is 0 Å². The second-order valence-corrected chi connectivity index (χ2v) is 2.84. The van der Waals surface area contributed by atoms with Crippen LogP contribution in [-0.4, -0.2) is 11.7 Å². The fraction of sp³-hybridized carbons (Fsp3) is 0.333. The van der Waals surface area contributed by atoms with E-state index >= 15 is 0 Å². The summed E-state index contributed by atoms with van der Waals surface area (Å²) in [4.78, 5) is 2.59. The van der Waals surface area contributed by atoms with Crippen molar-refractivity contribution in [1.82, 2.24) is 0 Å². The van der Waals surface area contributed by atoms with Crippen LogP contribution in [0.15, 0.2) is 29.4 Å². The molecule has 0 saturated heterocycles. The van der Waals surface area contributed by atoms with Crippen molar-refractivity contribution in [3.05, 3.63) is 45.8 Å². The van der Waals surface area contributed by atoms with Gasteiger partial charge in [-0.15, -0.1) is 0 Å². The van der Waals surface area contributed by atoms with Gasteiger partial charge in [0.1, 0.15) is 0 Å². The summed E-state index contributed by atoms with van der Waals surface area (Å²) in [5.74, 6) is 0. The largest absolute Gasteiger partial charge is 0.388 e. The fourth-order valence-electron chi connectivity index (χ4n) is 1.10. The van der Waals surface area contributed by atoms with Gasteiger partial charge in [-0.2, -0.15) is 0 Å². The summed E-state index contributed by atoms with van der Waals surface area (Å²) >= 11 is 0. The number of benzene rings is 1. The summed E-state index contributed by atoms with van der Waals surface area (Å²) in [5, 5.41) is 12.8. The quantitative estimate of drug-likeness (QED) is 0.429. The van der Waals surface area contributed by atoms with E-state index in [9.17, 15) is 5.11 Å². The van der Waals surface area contributed by atoms with E-state index in [-0.39, 0.29) is 6.54 Å². The molecule has 1 atom stereocenters. The molecular weight excluding hydrogens is 166 g/mol. The lowest BCUT2D eigenvalue weighted by molar-refractivity contribution is 0.186. The molecular formula is C9H11N3O. The molecule has 0 bridgehead atoms. The summed E-state index contributed by atoms with van der Waals surface area (Å²) in [6.45, 7) is 2.03. The second-order valence-electron chi connectivity index (χ2n) is 2.84. The Hall–Kier alpha value is -1.51. The van der Waals surface area contributed by atoms with Gasteiger partial charge in [-0.1, -0.05) is 34.9 Å². The third-order valence-corrected chi connectivity index (χ3v) is 1.74. The predicted octanol–water partition coefficient (Wildman–Crippen LogP) is 2.34. The van der Waals surface area contributed by atoms with Crippen molar-refractivity contribution in [2.24, 2.45) is 5.11 Å². The zero-order valence-corrected chi connectivity index (χ0v) is 7.38. The highest BCUT2D eigenvalue weighted by Gasteiger charge is 2.04. The third-order valence-electron chi connectivity index (χ3n) is 1.74. The maximum absolute atomic E-state index is 9.51. The van der Waals surface area contributed by atoms with Gasteiger partial charge >= 0.3 is 0 Å². The number of aliphatic hydroxyl groups is 1. The topological polar surface area (TPSA) is 69.0 Å². The summed E-state index contributed by atoms with van der Waals surface area (Å²) in [6.07, 6.45) is -0.698. The van der Waals surface area contributed by atoms with Crippen molar-refractivity contribution in [2.45, 2.75) is 13.0 Å². The van der Waals surface area contributed by atoms with Gasteiger partial charge in [0.15, 0.2) is 0 Å². The molecule has 0 amide bonds. The molecule has 1 aromatic rings. The molecule has 0 heterocycles. The Bertz CT molecular complexity index is 331. The smallest absolute Gasteiger partial charge is 0.0846 e. The Morgan fingerprint density at radius 1 is 1.62 bits per heavy atom.